The van der Waals surface area contributed by atoms with Crippen LogP contribution >= 0.6 is 0 Å². The third kappa shape index (κ3) is 2.93. The van der Waals surface area contributed by atoms with Crippen molar-refractivity contribution in [3.05, 3.63) is 0 Å². The molecule has 0 aliphatic carbocycles. The summed E-state index contributed by atoms with van der Waals surface area (Å²) in [6.07, 6.45) is -4.51. The minimum atomic E-state index is -4.61. The molecule has 0 spiro atoms. The zero-order chi connectivity index (χ0) is 15.0. The molecule has 9 heteroatoms. The summed E-state index contributed by atoms with van der Waals surface area (Å²) in [5, 5.41) is 4.85. The van der Waals surface area contributed by atoms with E-state index >= 15 is 0 Å². The number of sulfone groups is 1. The molecule has 2 heterocycles. The predicted octanol–water partition coefficient (Wildman–Crippen LogP) is 0.0793. The molecule has 0 aromatic carbocycles. The zero-order valence-corrected chi connectivity index (χ0v) is 11.6. The van der Waals surface area contributed by atoms with Crippen LogP contribution in [0.3, 0.4) is 0 Å². The molecule has 0 aromatic heterocycles. The van der Waals surface area contributed by atoms with Crippen molar-refractivity contribution < 1.29 is 26.4 Å². The molecular weight excluding hydrogens is 297 g/mol. The van der Waals surface area contributed by atoms with Crippen molar-refractivity contribution in [2.45, 2.75) is 19.0 Å². The maximum atomic E-state index is 13.1. The lowest BCUT2D eigenvalue weighted by atomic mass is 9.85. The summed E-state index contributed by atoms with van der Waals surface area (Å²) in [5.74, 6) is -1.37. The molecule has 2 unspecified atom stereocenters. The van der Waals surface area contributed by atoms with E-state index < -0.39 is 33.9 Å². The van der Waals surface area contributed by atoms with Gasteiger partial charge in [-0.1, -0.05) is 0 Å². The van der Waals surface area contributed by atoms with E-state index in [1.54, 1.807) is 0 Å². The van der Waals surface area contributed by atoms with E-state index in [-0.39, 0.29) is 36.9 Å². The summed E-state index contributed by atoms with van der Waals surface area (Å²) in [4.78, 5) is 11.9. The van der Waals surface area contributed by atoms with E-state index in [2.05, 4.69) is 10.6 Å². The largest absolute Gasteiger partial charge is 0.404 e. The number of hydrogen-bond acceptors (Lipinski definition) is 4. The molecule has 0 saturated carbocycles. The number of alkyl halides is 3. The molecule has 2 rings (SSSR count). The highest BCUT2D eigenvalue weighted by molar-refractivity contribution is 7.91. The Morgan fingerprint density at radius 1 is 1.40 bits per heavy atom. The first-order chi connectivity index (χ1) is 9.16. The molecular formula is C11H17F3N2O3S. The summed E-state index contributed by atoms with van der Waals surface area (Å²) in [6.45, 7) is -0.300. The van der Waals surface area contributed by atoms with Gasteiger partial charge in [-0.15, -0.1) is 0 Å². The van der Waals surface area contributed by atoms with Gasteiger partial charge in [-0.05, 0) is 25.3 Å². The van der Waals surface area contributed by atoms with Gasteiger partial charge in [0.05, 0.1) is 11.5 Å². The molecule has 2 N–H and O–H groups in total. The molecule has 116 valence electrons. The van der Waals surface area contributed by atoms with Crippen LogP contribution in [0.25, 0.3) is 0 Å². The van der Waals surface area contributed by atoms with E-state index in [0.717, 1.165) is 0 Å². The smallest absolute Gasteiger partial charge is 0.355 e. The second kappa shape index (κ2) is 5.18. The van der Waals surface area contributed by atoms with E-state index in [1.807, 2.05) is 0 Å². The topological polar surface area (TPSA) is 75.3 Å². The number of nitrogens with one attached hydrogen (secondary N) is 2. The van der Waals surface area contributed by atoms with E-state index in [1.165, 1.54) is 0 Å². The SMILES string of the molecule is O=C(NCC1CCS(=O)(=O)C1)C1(C(F)(F)F)CCNC1. The molecule has 2 aliphatic rings. The van der Waals surface area contributed by atoms with Crippen LogP contribution in [0.5, 0.6) is 0 Å². The fraction of sp³-hybridized carbons (Fsp3) is 0.909. The first-order valence-corrected chi connectivity index (χ1v) is 8.25. The van der Waals surface area contributed by atoms with Crippen LogP contribution < -0.4 is 10.6 Å². The summed E-state index contributed by atoms with van der Waals surface area (Å²) in [6, 6.07) is 0. The van der Waals surface area contributed by atoms with Gasteiger partial charge in [-0.3, -0.25) is 4.79 Å². The molecule has 2 fully saturated rings. The lowest BCUT2D eigenvalue weighted by molar-refractivity contribution is -0.216. The van der Waals surface area contributed by atoms with Crippen LogP contribution in [0.1, 0.15) is 12.8 Å². The Kier molecular flexibility index (Phi) is 4.03. The highest BCUT2D eigenvalue weighted by atomic mass is 32.2. The van der Waals surface area contributed by atoms with Crippen molar-refractivity contribution in [3.63, 3.8) is 0 Å². The van der Waals surface area contributed by atoms with Crippen LogP contribution in [0.15, 0.2) is 0 Å². The molecule has 0 aromatic rings. The zero-order valence-electron chi connectivity index (χ0n) is 10.8. The standard InChI is InChI=1S/C11H17F3N2O3S/c12-11(13,14)10(2-3-15-7-10)9(17)16-5-8-1-4-20(18,19)6-8/h8,15H,1-7H2,(H,16,17). The second-order valence-electron chi connectivity index (χ2n) is 5.49. The van der Waals surface area contributed by atoms with Crippen molar-refractivity contribution in [2.24, 2.45) is 11.3 Å². The Balaban J connectivity index is 1.97. The summed E-state index contributed by atoms with van der Waals surface area (Å²) in [5.41, 5.74) is -2.38. The van der Waals surface area contributed by atoms with Gasteiger partial charge in [0.25, 0.3) is 0 Å². The van der Waals surface area contributed by atoms with Crippen LogP contribution in [0.4, 0.5) is 13.2 Å². The van der Waals surface area contributed by atoms with Gasteiger partial charge in [-0.25, -0.2) is 8.42 Å². The Hall–Kier alpha value is -0.830. The van der Waals surface area contributed by atoms with Crippen LogP contribution in [-0.4, -0.2) is 51.6 Å². The molecule has 2 atom stereocenters. The van der Waals surface area contributed by atoms with Gasteiger partial charge in [0.1, 0.15) is 0 Å². The van der Waals surface area contributed by atoms with Gasteiger partial charge >= 0.3 is 6.18 Å². The van der Waals surface area contributed by atoms with Crippen molar-refractivity contribution in [3.8, 4) is 0 Å². The van der Waals surface area contributed by atoms with Gasteiger partial charge in [0.2, 0.25) is 5.91 Å². The van der Waals surface area contributed by atoms with Crippen LogP contribution in [0, 0.1) is 11.3 Å². The monoisotopic (exact) mass is 314 g/mol. The number of carbonyl (C=O) groups excluding carboxylic acids is 1. The number of amides is 1. The van der Waals surface area contributed by atoms with E-state index in [9.17, 15) is 26.4 Å². The molecule has 5 nitrogen and oxygen atoms in total. The number of rotatable bonds is 3. The molecule has 2 saturated heterocycles. The summed E-state index contributed by atoms with van der Waals surface area (Å²) in [7, 11) is -3.09. The number of hydrogen-bond donors (Lipinski definition) is 2. The Labute approximate surface area is 115 Å². The summed E-state index contributed by atoms with van der Waals surface area (Å²) >= 11 is 0. The summed E-state index contributed by atoms with van der Waals surface area (Å²) < 4.78 is 61.8. The first kappa shape index (κ1) is 15.6. The van der Waals surface area contributed by atoms with Crippen LogP contribution in [-0.2, 0) is 14.6 Å². The number of carbonyl (C=O) groups is 1. The minimum Gasteiger partial charge on any atom is -0.355 e. The van der Waals surface area contributed by atoms with Gasteiger partial charge in [0, 0.05) is 13.1 Å². The fourth-order valence-corrected chi connectivity index (χ4v) is 4.56. The number of halogens is 3. The third-order valence-electron chi connectivity index (χ3n) is 4.01. The molecule has 0 bridgehead atoms. The average molecular weight is 314 g/mol. The first-order valence-electron chi connectivity index (χ1n) is 6.42. The quantitative estimate of drug-likeness (QED) is 0.773. The maximum absolute atomic E-state index is 13.1. The van der Waals surface area contributed by atoms with E-state index in [4.69, 9.17) is 0 Å². The Bertz CT molecular complexity index is 484. The highest BCUT2D eigenvalue weighted by Crippen LogP contribution is 2.43. The van der Waals surface area contributed by atoms with Crippen molar-refractivity contribution in [1.82, 2.24) is 10.6 Å². The maximum Gasteiger partial charge on any atom is 0.404 e. The van der Waals surface area contributed by atoms with Crippen molar-refractivity contribution in [1.29, 1.82) is 0 Å². The van der Waals surface area contributed by atoms with Gasteiger partial charge in [-0.2, -0.15) is 13.2 Å². The van der Waals surface area contributed by atoms with Gasteiger partial charge in [0.15, 0.2) is 15.3 Å². The predicted molar refractivity (Wildman–Crippen MR) is 65.7 cm³/mol. The molecule has 20 heavy (non-hydrogen) atoms. The molecule has 2 aliphatic heterocycles. The van der Waals surface area contributed by atoms with Crippen LogP contribution in [0.2, 0.25) is 0 Å². The molecule has 1 amide bonds. The Morgan fingerprint density at radius 2 is 2.10 bits per heavy atom. The third-order valence-corrected chi connectivity index (χ3v) is 5.85. The molecule has 0 radical (unpaired) electrons. The normalized spacial score (nSPS) is 33.2. The lowest BCUT2D eigenvalue weighted by Gasteiger charge is -2.29. The van der Waals surface area contributed by atoms with E-state index in [0.29, 0.717) is 6.42 Å². The lowest BCUT2D eigenvalue weighted by Crippen LogP contribution is -2.53. The Morgan fingerprint density at radius 3 is 2.55 bits per heavy atom. The minimum absolute atomic E-state index is 0.0180. The highest BCUT2D eigenvalue weighted by Gasteiger charge is 2.61. The van der Waals surface area contributed by atoms with Crippen molar-refractivity contribution in [2.75, 3.05) is 31.1 Å². The van der Waals surface area contributed by atoms with Crippen molar-refractivity contribution >= 4 is 15.7 Å². The fourth-order valence-electron chi connectivity index (χ4n) is 2.70. The van der Waals surface area contributed by atoms with Gasteiger partial charge < -0.3 is 10.6 Å². The average Bonchev–Trinajstić information content (AvgIpc) is 2.92. The second-order valence-corrected chi connectivity index (χ2v) is 7.71.